The Balaban J connectivity index is 2.44. The molecule has 0 aliphatic heterocycles. The molecule has 0 aliphatic rings. The number of benzene rings is 1. The molecule has 0 heterocycles. The highest BCUT2D eigenvalue weighted by molar-refractivity contribution is 6.29. The molecule has 1 amide bonds. The minimum absolute atomic E-state index is 0.0495. The van der Waals surface area contributed by atoms with Gasteiger partial charge in [-0.3, -0.25) is 4.79 Å². The summed E-state index contributed by atoms with van der Waals surface area (Å²) in [5.41, 5.74) is 0.699. The van der Waals surface area contributed by atoms with E-state index in [0.717, 1.165) is 5.75 Å². The van der Waals surface area contributed by atoms with Crippen LogP contribution in [0.5, 0.6) is 5.75 Å². The third-order valence-corrected chi connectivity index (χ3v) is 2.06. The number of alkyl halides is 1. The van der Waals surface area contributed by atoms with Crippen molar-refractivity contribution < 1.29 is 14.3 Å². The van der Waals surface area contributed by atoms with Crippen LogP contribution in [0.2, 0.25) is 0 Å². The molecule has 88 valence electrons. The molecule has 0 unspecified atom stereocenters. The molecule has 1 N–H and O–H groups in total. The van der Waals surface area contributed by atoms with Crippen LogP contribution in [0.1, 0.15) is 0 Å². The average Bonchev–Trinajstić information content (AvgIpc) is 2.31. The number of methoxy groups -OCH3 is 1. The summed E-state index contributed by atoms with van der Waals surface area (Å²) in [6.45, 7) is 1.05. The van der Waals surface area contributed by atoms with Gasteiger partial charge >= 0.3 is 0 Å². The highest BCUT2D eigenvalue weighted by Gasteiger charge is 2.00. The van der Waals surface area contributed by atoms with E-state index in [1.54, 1.807) is 31.4 Å². The van der Waals surface area contributed by atoms with Crippen LogP contribution < -0.4 is 10.1 Å². The maximum atomic E-state index is 11.0. The summed E-state index contributed by atoms with van der Waals surface area (Å²) in [4.78, 5) is 11.0. The zero-order valence-corrected chi connectivity index (χ0v) is 9.79. The lowest BCUT2D eigenvalue weighted by atomic mass is 10.3. The number of hydrogen-bond donors (Lipinski definition) is 1. The van der Waals surface area contributed by atoms with Gasteiger partial charge in [0.2, 0.25) is 5.91 Å². The fourth-order valence-corrected chi connectivity index (χ4v) is 1.14. The molecular formula is C11H14ClNO3. The molecule has 1 rings (SSSR count). The predicted molar refractivity (Wildman–Crippen MR) is 63.2 cm³/mol. The Morgan fingerprint density at radius 3 is 2.56 bits per heavy atom. The molecule has 16 heavy (non-hydrogen) atoms. The largest absolute Gasteiger partial charge is 0.491 e. The summed E-state index contributed by atoms with van der Waals surface area (Å²) in [7, 11) is 1.62. The van der Waals surface area contributed by atoms with Gasteiger partial charge in [-0.25, -0.2) is 0 Å². The second-order valence-corrected chi connectivity index (χ2v) is 3.31. The zero-order chi connectivity index (χ0) is 11.8. The van der Waals surface area contributed by atoms with Crippen molar-refractivity contribution in [2.75, 3.05) is 31.5 Å². The molecule has 1 aromatic carbocycles. The monoisotopic (exact) mass is 243 g/mol. The number of carbonyl (C=O) groups is 1. The van der Waals surface area contributed by atoms with E-state index in [0.29, 0.717) is 18.9 Å². The summed E-state index contributed by atoms with van der Waals surface area (Å²) < 4.78 is 10.2. The van der Waals surface area contributed by atoms with Crippen molar-refractivity contribution in [2.24, 2.45) is 0 Å². The van der Waals surface area contributed by atoms with Crippen LogP contribution in [-0.4, -0.2) is 32.1 Å². The number of anilines is 1. The van der Waals surface area contributed by atoms with E-state index in [1.165, 1.54) is 0 Å². The molecule has 0 spiro atoms. The highest BCUT2D eigenvalue weighted by Crippen LogP contribution is 2.15. The first kappa shape index (κ1) is 12.8. The maximum absolute atomic E-state index is 11.0. The molecule has 4 nitrogen and oxygen atoms in total. The van der Waals surface area contributed by atoms with Crippen LogP contribution in [0.3, 0.4) is 0 Å². The van der Waals surface area contributed by atoms with E-state index >= 15 is 0 Å². The lowest BCUT2D eigenvalue weighted by Gasteiger charge is -2.07. The summed E-state index contributed by atoms with van der Waals surface area (Å²) >= 11 is 5.37. The van der Waals surface area contributed by atoms with Crippen molar-refractivity contribution in [1.29, 1.82) is 0 Å². The number of ether oxygens (including phenoxy) is 2. The van der Waals surface area contributed by atoms with Gasteiger partial charge in [0.15, 0.2) is 0 Å². The fourth-order valence-electron chi connectivity index (χ4n) is 1.07. The molecule has 0 aromatic heterocycles. The van der Waals surface area contributed by atoms with Crippen molar-refractivity contribution >= 4 is 23.2 Å². The van der Waals surface area contributed by atoms with Gasteiger partial charge in [0, 0.05) is 12.8 Å². The van der Waals surface area contributed by atoms with Gasteiger partial charge < -0.3 is 14.8 Å². The van der Waals surface area contributed by atoms with Crippen LogP contribution in [0.15, 0.2) is 24.3 Å². The molecule has 0 bridgehead atoms. The molecule has 0 atom stereocenters. The summed E-state index contributed by atoms with van der Waals surface area (Å²) in [6.07, 6.45) is 0. The van der Waals surface area contributed by atoms with Crippen LogP contribution in [0.4, 0.5) is 5.69 Å². The van der Waals surface area contributed by atoms with Crippen molar-refractivity contribution in [3.63, 3.8) is 0 Å². The van der Waals surface area contributed by atoms with Gasteiger partial charge in [-0.1, -0.05) is 0 Å². The van der Waals surface area contributed by atoms with Crippen molar-refractivity contribution in [3.8, 4) is 5.75 Å². The first-order valence-electron chi connectivity index (χ1n) is 4.84. The highest BCUT2D eigenvalue weighted by atomic mass is 35.5. The molecule has 5 heteroatoms. The van der Waals surface area contributed by atoms with Crippen molar-refractivity contribution in [1.82, 2.24) is 0 Å². The minimum Gasteiger partial charge on any atom is -0.491 e. The van der Waals surface area contributed by atoms with Gasteiger partial charge in [-0.2, -0.15) is 0 Å². The number of hydrogen-bond acceptors (Lipinski definition) is 3. The SMILES string of the molecule is COCCOc1ccc(NC(=O)CCl)cc1. The summed E-state index contributed by atoms with van der Waals surface area (Å²) in [5.74, 6) is 0.460. The number of halogens is 1. The molecule has 0 radical (unpaired) electrons. The van der Waals surface area contributed by atoms with Gasteiger partial charge in [0.05, 0.1) is 6.61 Å². The molecule has 1 aromatic rings. The zero-order valence-electron chi connectivity index (χ0n) is 9.03. The second-order valence-electron chi connectivity index (χ2n) is 3.05. The number of amides is 1. The van der Waals surface area contributed by atoms with E-state index in [4.69, 9.17) is 21.1 Å². The van der Waals surface area contributed by atoms with Gasteiger partial charge in [-0.05, 0) is 24.3 Å². The fraction of sp³-hybridized carbons (Fsp3) is 0.364. The minimum atomic E-state index is -0.227. The van der Waals surface area contributed by atoms with Gasteiger partial charge in [0.25, 0.3) is 0 Å². The molecule has 0 fully saturated rings. The first-order chi connectivity index (χ1) is 7.76. The van der Waals surface area contributed by atoms with Gasteiger partial charge in [-0.15, -0.1) is 11.6 Å². The normalized spacial score (nSPS) is 9.88. The molecule has 0 saturated heterocycles. The van der Waals surface area contributed by atoms with Gasteiger partial charge in [0.1, 0.15) is 18.2 Å². The molecule has 0 aliphatic carbocycles. The number of carbonyl (C=O) groups excluding carboxylic acids is 1. The van der Waals surface area contributed by atoms with Crippen LogP contribution in [-0.2, 0) is 9.53 Å². The predicted octanol–water partition coefficient (Wildman–Crippen LogP) is 1.89. The summed E-state index contributed by atoms with van der Waals surface area (Å²) in [5, 5.41) is 2.63. The Morgan fingerprint density at radius 2 is 2.00 bits per heavy atom. The van der Waals surface area contributed by atoms with Crippen molar-refractivity contribution in [2.45, 2.75) is 0 Å². The lowest BCUT2D eigenvalue weighted by Crippen LogP contribution is -2.12. The van der Waals surface area contributed by atoms with Crippen molar-refractivity contribution in [3.05, 3.63) is 24.3 Å². The van der Waals surface area contributed by atoms with E-state index < -0.39 is 0 Å². The molecular weight excluding hydrogens is 230 g/mol. The third kappa shape index (κ3) is 4.51. The standard InChI is InChI=1S/C11H14ClNO3/c1-15-6-7-16-10-4-2-9(3-5-10)13-11(14)8-12/h2-5H,6-8H2,1H3,(H,13,14). The lowest BCUT2D eigenvalue weighted by molar-refractivity contribution is -0.113. The maximum Gasteiger partial charge on any atom is 0.239 e. The Hall–Kier alpha value is -1.26. The topological polar surface area (TPSA) is 47.6 Å². The Bertz CT molecular complexity index is 327. The Morgan fingerprint density at radius 1 is 1.31 bits per heavy atom. The number of rotatable bonds is 6. The Kier molecular flexibility index (Phi) is 5.67. The van der Waals surface area contributed by atoms with E-state index in [-0.39, 0.29) is 11.8 Å². The van der Waals surface area contributed by atoms with E-state index in [9.17, 15) is 4.79 Å². The molecule has 0 saturated carbocycles. The smallest absolute Gasteiger partial charge is 0.239 e. The second kappa shape index (κ2) is 7.09. The van der Waals surface area contributed by atoms with Crippen LogP contribution in [0, 0.1) is 0 Å². The van der Waals surface area contributed by atoms with E-state index in [1.807, 2.05) is 0 Å². The van der Waals surface area contributed by atoms with E-state index in [2.05, 4.69) is 5.32 Å². The first-order valence-corrected chi connectivity index (χ1v) is 5.37. The quantitative estimate of drug-likeness (QED) is 0.613. The third-order valence-electron chi connectivity index (χ3n) is 1.82. The van der Waals surface area contributed by atoms with Crippen LogP contribution >= 0.6 is 11.6 Å². The number of nitrogens with one attached hydrogen (secondary N) is 1. The Labute approximate surface area is 99.5 Å². The summed E-state index contributed by atoms with van der Waals surface area (Å²) in [6, 6.07) is 7.07. The average molecular weight is 244 g/mol. The van der Waals surface area contributed by atoms with Crippen LogP contribution in [0.25, 0.3) is 0 Å².